The van der Waals surface area contributed by atoms with Gasteiger partial charge in [-0.05, 0) is 18.1 Å². The largest absolute Gasteiger partial charge is 0.382 e. The monoisotopic (exact) mass is 179 g/mol. The number of aromatic nitrogens is 1. The van der Waals surface area contributed by atoms with E-state index < -0.39 is 0 Å². The summed E-state index contributed by atoms with van der Waals surface area (Å²) in [6, 6.07) is 3.90. The van der Waals surface area contributed by atoms with E-state index in [1.165, 1.54) is 0 Å². The predicted octanol–water partition coefficient (Wildman–Crippen LogP) is 1.76. The number of hydrogen-bond acceptors (Lipinski definition) is 3. The molecule has 0 aliphatic carbocycles. The Morgan fingerprint density at radius 1 is 1.54 bits per heavy atom. The van der Waals surface area contributed by atoms with Gasteiger partial charge in [0.15, 0.2) is 0 Å². The lowest BCUT2D eigenvalue weighted by Gasteiger charge is -2.22. The van der Waals surface area contributed by atoms with Gasteiger partial charge in [-0.2, -0.15) is 0 Å². The van der Waals surface area contributed by atoms with Gasteiger partial charge in [-0.25, -0.2) is 4.98 Å². The van der Waals surface area contributed by atoms with Crippen LogP contribution in [0, 0.1) is 5.92 Å². The zero-order chi connectivity index (χ0) is 9.84. The summed E-state index contributed by atoms with van der Waals surface area (Å²) in [6.45, 7) is 5.36. The SMILES string of the molecule is CC(C)CN(C)c1cccnc1N. The Kier molecular flexibility index (Phi) is 3.12. The van der Waals surface area contributed by atoms with Crippen LogP contribution in [-0.4, -0.2) is 18.6 Å². The molecular formula is C10H17N3. The van der Waals surface area contributed by atoms with Crippen molar-refractivity contribution in [1.82, 2.24) is 4.98 Å². The molecule has 0 saturated heterocycles. The molecule has 1 heterocycles. The van der Waals surface area contributed by atoms with Crippen molar-refractivity contribution in [2.75, 3.05) is 24.2 Å². The fourth-order valence-corrected chi connectivity index (χ4v) is 1.38. The van der Waals surface area contributed by atoms with Crippen molar-refractivity contribution >= 4 is 11.5 Å². The lowest BCUT2D eigenvalue weighted by molar-refractivity contribution is 0.638. The molecule has 1 aromatic heterocycles. The van der Waals surface area contributed by atoms with E-state index in [1.807, 2.05) is 19.2 Å². The highest BCUT2D eigenvalue weighted by Crippen LogP contribution is 2.19. The van der Waals surface area contributed by atoms with Crippen molar-refractivity contribution in [3.05, 3.63) is 18.3 Å². The van der Waals surface area contributed by atoms with Gasteiger partial charge in [0.25, 0.3) is 0 Å². The molecule has 0 bridgehead atoms. The second-order valence-corrected chi connectivity index (χ2v) is 3.68. The summed E-state index contributed by atoms with van der Waals surface area (Å²) < 4.78 is 0. The number of anilines is 2. The number of nitrogens with two attached hydrogens (primary N) is 1. The third-order valence-electron chi connectivity index (χ3n) is 1.87. The highest BCUT2D eigenvalue weighted by atomic mass is 15.1. The van der Waals surface area contributed by atoms with Crippen LogP contribution in [0.5, 0.6) is 0 Å². The van der Waals surface area contributed by atoms with Crippen LogP contribution in [-0.2, 0) is 0 Å². The Balaban J connectivity index is 2.76. The summed E-state index contributed by atoms with van der Waals surface area (Å²) in [6.07, 6.45) is 1.71. The second kappa shape index (κ2) is 4.12. The molecule has 0 aliphatic heterocycles. The van der Waals surface area contributed by atoms with Gasteiger partial charge in [-0.1, -0.05) is 13.8 Å². The van der Waals surface area contributed by atoms with Gasteiger partial charge in [0.2, 0.25) is 0 Å². The van der Waals surface area contributed by atoms with Crippen molar-refractivity contribution in [1.29, 1.82) is 0 Å². The molecule has 2 N–H and O–H groups in total. The van der Waals surface area contributed by atoms with Gasteiger partial charge in [-0.3, -0.25) is 0 Å². The molecule has 0 saturated carbocycles. The van der Waals surface area contributed by atoms with Gasteiger partial charge in [0, 0.05) is 19.8 Å². The average Bonchev–Trinajstić information content (AvgIpc) is 2.03. The number of nitrogen functional groups attached to an aromatic ring is 1. The van der Waals surface area contributed by atoms with Crippen LogP contribution in [0.3, 0.4) is 0 Å². The summed E-state index contributed by atoms with van der Waals surface area (Å²) in [5.41, 5.74) is 6.75. The summed E-state index contributed by atoms with van der Waals surface area (Å²) in [4.78, 5) is 6.18. The van der Waals surface area contributed by atoms with E-state index in [4.69, 9.17) is 5.73 Å². The quantitative estimate of drug-likeness (QED) is 0.768. The lowest BCUT2D eigenvalue weighted by Crippen LogP contribution is -2.23. The summed E-state index contributed by atoms with van der Waals surface area (Å²) in [5, 5.41) is 0. The summed E-state index contributed by atoms with van der Waals surface area (Å²) in [7, 11) is 2.04. The van der Waals surface area contributed by atoms with E-state index in [-0.39, 0.29) is 0 Å². The van der Waals surface area contributed by atoms with Crippen LogP contribution in [0.4, 0.5) is 11.5 Å². The van der Waals surface area contributed by atoms with Crippen LogP contribution in [0.25, 0.3) is 0 Å². The number of nitrogens with zero attached hydrogens (tertiary/aromatic N) is 2. The molecule has 0 spiro atoms. The fourth-order valence-electron chi connectivity index (χ4n) is 1.38. The van der Waals surface area contributed by atoms with Gasteiger partial charge < -0.3 is 10.6 Å². The van der Waals surface area contributed by atoms with E-state index in [0.29, 0.717) is 11.7 Å². The van der Waals surface area contributed by atoms with Crippen molar-refractivity contribution in [2.45, 2.75) is 13.8 Å². The molecule has 72 valence electrons. The van der Waals surface area contributed by atoms with Crippen LogP contribution < -0.4 is 10.6 Å². The first-order valence-electron chi connectivity index (χ1n) is 4.53. The highest BCUT2D eigenvalue weighted by molar-refractivity contribution is 5.62. The van der Waals surface area contributed by atoms with Gasteiger partial charge in [0.05, 0.1) is 5.69 Å². The van der Waals surface area contributed by atoms with Crippen molar-refractivity contribution in [2.24, 2.45) is 5.92 Å². The number of pyridine rings is 1. The molecule has 0 unspecified atom stereocenters. The lowest BCUT2D eigenvalue weighted by atomic mass is 10.2. The molecule has 3 heteroatoms. The zero-order valence-corrected chi connectivity index (χ0v) is 8.49. The Morgan fingerprint density at radius 3 is 2.77 bits per heavy atom. The molecule has 1 rings (SSSR count). The minimum Gasteiger partial charge on any atom is -0.382 e. The van der Waals surface area contributed by atoms with E-state index in [0.717, 1.165) is 12.2 Å². The molecule has 0 aromatic carbocycles. The molecular weight excluding hydrogens is 162 g/mol. The van der Waals surface area contributed by atoms with E-state index >= 15 is 0 Å². The van der Waals surface area contributed by atoms with Gasteiger partial charge in [-0.15, -0.1) is 0 Å². The molecule has 0 atom stereocenters. The Morgan fingerprint density at radius 2 is 2.23 bits per heavy atom. The molecule has 0 amide bonds. The van der Waals surface area contributed by atoms with Crippen LogP contribution in [0.2, 0.25) is 0 Å². The van der Waals surface area contributed by atoms with Gasteiger partial charge >= 0.3 is 0 Å². The van der Waals surface area contributed by atoms with Crippen molar-refractivity contribution < 1.29 is 0 Å². The second-order valence-electron chi connectivity index (χ2n) is 3.68. The number of hydrogen-bond donors (Lipinski definition) is 1. The fraction of sp³-hybridized carbons (Fsp3) is 0.500. The smallest absolute Gasteiger partial charge is 0.146 e. The van der Waals surface area contributed by atoms with Gasteiger partial charge in [0.1, 0.15) is 5.82 Å². The topological polar surface area (TPSA) is 42.2 Å². The normalized spacial score (nSPS) is 10.5. The van der Waals surface area contributed by atoms with Crippen LogP contribution in [0.1, 0.15) is 13.8 Å². The molecule has 13 heavy (non-hydrogen) atoms. The first-order valence-corrected chi connectivity index (χ1v) is 4.53. The molecule has 3 nitrogen and oxygen atoms in total. The predicted molar refractivity (Wildman–Crippen MR) is 56.8 cm³/mol. The maximum absolute atomic E-state index is 5.74. The first-order chi connectivity index (χ1) is 6.11. The standard InChI is InChI=1S/C10H17N3/c1-8(2)7-13(3)9-5-4-6-12-10(9)11/h4-6,8H,7H2,1-3H3,(H2,11,12). The van der Waals surface area contributed by atoms with E-state index in [9.17, 15) is 0 Å². The van der Waals surface area contributed by atoms with E-state index in [1.54, 1.807) is 6.20 Å². The highest BCUT2D eigenvalue weighted by Gasteiger charge is 2.06. The first kappa shape index (κ1) is 9.84. The summed E-state index contributed by atoms with van der Waals surface area (Å²) >= 11 is 0. The van der Waals surface area contributed by atoms with E-state index in [2.05, 4.69) is 23.7 Å². The Labute approximate surface area is 79.6 Å². The Bertz CT molecular complexity index is 271. The minimum atomic E-state index is 0.602. The van der Waals surface area contributed by atoms with Crippen molar-refractivity contribution in [3.8, 4) is 0 Å². The number of rotatable bonds is 3. The molecule has 0 aliphatic rings. The molecule has 1 aromatic rings. The Hall–Kier alpha value is -1.25. The maximum Gasteiger partial charge on any atom is 0.146 e. The maximum atomic E-state index is 5.74. The molecule has 0 radical (unpaired) electrons. The van der Waals surface area contributed by atoms with Crippen LogP contribution >= 0.6 is 0 Å². The third-order valence-corrected chi connectivity index (χ3v) is 1.87. The minimum absolute atomic E-state index is 0.602. The average molecular weight is 179 g/mol. The van der Waals surface area contributed by atoms with Crippen molar-refractivity contribution in [3.63, 3.8) is 0 Å². The zero-order valence-electron chi connectivity index (χ0n) is 8.49. The third kappa shape index (κ3) is 2.61. The van der Waals surface area contributed by atoms with Crippen LogP contribution in [0.15, 0.2) is 18.3 Å². The summed E-state index contributed by atoms with van der Waals surface area (Å²) in [5.74, 6) is 1.23. The molecule has 0 fully saturated rings.